The van der Waals surface area contributed by atoms with Crippen LogP contribution in [0.5, 0.6) is 0 Å². The average Bonchev–Trinajstić information content (AvgIpc) is 2.72. The lowest BCUT2D eigenvalue weighted by Gasteiger charge is -2.13. The van der Waals surface area contributed by atoms with Gasteiger partial charge in [-0.15, -0.1) is 5.10 Å². The van der Waals surface area contributed by atoms with E-state index in [1.807, 2.05) is 7.05 Å². The zero-order chi connectivity index (χ0) is 14.3. The second-order valence-corrected chi connectivity index (χ2v) is 6.06. The topological polar surface area (TPSA) is 114 Å². The highest BCUT2D eigenvalue weighted by atomic mass is 32.2. The van der Waals surface area contributed by atoms with Gasteiger partial charge in [-0.1, -0.05) is 5.21 Å². The summed E-state index contributed by atoms with van der Waals surface area (Å²) in [6, 6.07) is 0. The molecule has 1 rings (SSSR count). The van der Waals surface area contributed by atoms with E-state index in [1.54, 1.807) is 10.9 Å². The van der Waals surface area contributed by atoms with Crippen LogP contribution >= 0.6 is 0 Å². The van der Waals surface area contributed by atoms with Gasteiger partial charge in [0.05, 0.1) is 11.4 Å². The molecule has 3 N–H and O–H groups in total. The Morgan fingerprint density at radius 3 is 2.84 bits per heavy atom. The molecule has 0 aliphatic rings. The number of hydrogen-bond donors (Lipinski definition) is 2. The van der Waals surface area contributed by atoms with Gasteiger partial charge in [-0.05, 0) is 33.0 Å². The summed E-state index contributed by atoms with van der Waals surface area (Å²) in [5, 5.41) is 7.92. The van der Waals surface area contributed by atoms with E-state index in [0.29, 0.717) is 26.1 Å². The maximum absolute atomic E-state index is 10.6. The largest absolute Gasteiger partial charge is 0.330 e. The van der Waals surface area contributed by atoms with Crippen LogP contribution in [0.2, 0.25) is 0 Å². The van der Waals surface area contributed by atoms with Crippen molar-refractivity contribution in [3.05, 3.63) is 11.9 Å². The molecule has 0 bridgehead atoms. The van der Waals surface area contributed by atoms with Gasteiger partial charge in [0.1, 0.15) is 0 Å². The Kier molecular flexibility index (Phi) is 6.35. The molecule has 9 heteroatoms. The molecule has 0 aliphatic carbocycles. The molecule has 0 atom stereocenters. The summed E-state index contributed by atoms with van der Waals surface area (Å²) >= 11 is 0. The first-order chi connectivity index (χ1) is 8.90. The van der Waals surface area contributed by atoms with Crippen LogP contribution in [0.3, 0.4) is 0 Å². The van der Waals surface area contributed by atoms with Gasteiger partial charge in [0.25, 0.3) is 10.1 Å². The summed E-state index contributed by atoms with van der Waals surface area (Å²) in [6.07, 6.45) is 3.02. The molecule has 19 heavy (non-hydrogen) atoms. The van der Waals surface area contributed by atoms with E-state index in [-0.39, 0.29) is 5.75 Å². The summed E-state index contributed by atoms with van der Waals surface area (Å²) in [5.74, 6) is -0.265. The first-order valence-electron chi connectivity index (χ1n) is 6.13. The van der Waals surface area contributed by atoms with Gasteiger partial charge >= 0.3 is 0 Å². The Labute approximate surface area is 113 Å². The molecule has 1 aromatic rings. The average molecular weight is 291 g/mol. The predicted octanol–water partition coefficient (Wildman–Crippen LogP) is -0.663. The number of aryl methyl sites for hydroxylation is 1. The molecule has 0 fully saturated rings. The van der Waals surface area contributed by atoms with Crippen LogP contribution < -0.4 is 5.73 Å². The van der Waals surface area contributed by atoms with E-state index < -0.39 is 10.1 Å². The highest BCUT2D eigenvalue weighted by Crippen LogP contribution is 2.00. The molecule has 0 radical (unpaired) electrons. The Bertz CT molecular complexity index is 473. The van der Waals surface area contributed by atoms with Crippen LogP contribution in [0, 0.1) is 0 Å². The van der Waals surface area contributed by atoms with E-state index in [1.165, 1.54) is 0 Å². The summed E-state index contributed by atoms with van der Waals surface area (Å²) < 4.78 is 31.3. The number of nitrogens with zero attached hydrogens (tertiary/aromatic N) is 4. The van der Waals surface area contributed by atoms with Crippen molar-refractivity contribution < 1.29 is 13.0 Å². The number of nitrogens with two attached hydrogens (primary N) is 1. The molecule has 0 saturated carbocycles. The Balaban J connectivity index is 2.35. The lowest BCUT2D eigenvalue weighted by Crippen LogP contribution is -2.21. The molecular weight excluding hydrogens is 270 g/mol. The van der Waals surface area contributed by atoms with Gasteiger partial charge in [0, 0.05) is 19.3 Å². The van der Waals surface area contributed by atoms with Crippen molar-refractivity contribution in [2.24, 2.45) is 5.73 Å². The van der Waals surface area contributed by atoms with E-state index in [9.17, 15) is 8.42 Å². The minimum Gasteiger partial charge on any atom is -0.330 e. The summed E-state index contributed by atoms with van der Waals surface area (Å²) in [6.45, 7) is 2.65. The fourth-order valence-electron chi connectivity index (χ4n) is 1.65. The van der Waals surface area contributed by atoms with Gasteiger partial charge < -0.3 is 10.6 Å². The monoisotopic (exact) mass is 291 g/mol. The van der Waals surface area contributed by atoms with Crippen molar-refractivity contribution in [1.29, 1.82) is 0 Å². The van der Waals surface area contributed by atoms with Crippen molar-refractivity contribution in [3.8, 4) is 0 Å². The SMILES string of the molecule is CN(CCCN)Cc1cn(CCCS(=O)(=O)O)nn1. The van der Waals surface area contributed by atoms with Crippen LogP contribution in [-0.4, -0.2) is 58.8 Å². The van der Waals surface area contributed by atoms with E-state index >= 15 is 0 Å². The van der Waals surface area contributed by atoms with Gasteiger partial charge in [-0.3, -0.25) is 9.23 Å². The van der Waals surface area contributed by atoms with Crippen molar-refractivity contribution in [2.75, 3.05) is 25.9 Å². The molecule has 0 saturated heterocycles. The Morgan fingerprint density at radius 2 is 2.21 bits per heavy atom. The second kappa shape index (κ2) is 7.53. The van der Waals surface area contributed by atoms with Crippen LogP contribution in [0.25, 0.3) is 0 Å². The van der Waals surface area contributed by atoms with Gasteiger partial charge in [0.15, 0.2) is 0 Å². The molecular formula is C10H21N5O3S. The van der Waals surface area contributed by atoms with Crippen LogP contribution in [-0.2, 0) is 23.2 Å². The Morgan fingerprint density at radius 1 is 1.47 bits per heavy atom. The smallest absolute Gasteiger partial charge is 0.264 e. The van der Waals surface area contributed by atoms with E-state index in [4.69, 9.17) is 10.3 Å². The zero-order valence-electron chi connectivity index (χ0n) is 11.1. The van der Waals surface area contributed by atoms with Gasteiger partial charge in [-0.2, -0.15) is 8.42 Å². The number of rotatable bonds is 9. The fraction of sp³-hybridized carbons (Fsp3) is 0.800. The third kappa shape index (κ3) is 7.21. The minimum absolute atomic E-state index is 0.265. The van der Waals surface area contributed by atoms with Gasteiger partial charge in [-0.25, -0.2) is 0 Å². The lowest BCUT2D eigenvalue weighted by molar-refractivity contribution is 0.320. The van der Waals surface area contributed by atoms with E-state index in [0.717, 1.165) is 18.7 Å². The van der Waals surface area contributed by atoms with Crippen molar-refractivity contribution in [2.45, 2.75) is 25.9 Å². The molecule has 0 amide bonds. The van der Waals surface area contributed by atoms with Crippen molar-refractivity contribution >= 4 is 10.1 Å². The molecule has 0 spiro atoms. The highest BCUT2D eigenvalue weighted by molar-refractivity contribution is 7.85. The standard InChI is InChI=1S/C10H21N5O3S/c1-14(5-2-4-11)8-10-9-15(13-12-10)6-3-7-19(16,17)18/h9H,2-8,11H2,1H3,(H,16,17,18). The number of hydrogen-bond acceptors (Lipinski definition) is 6. The van der Waals surface area contributed by atoms with Crippen molar-refractivity contribution in [1.82, 2.24) is 19.9 Å². The third-order valence-corrected chi connectivity index (χ3v) is 3.36. The van der Waals surface area contributed by atoms with Gasteiger partial charge in [0.2, 0.25) is 0 Å². The molecule has 0 unspecified atom stereocenters. The minimum atomic E-state index is -3.90. The molecule has 0 aromatic carbocycles. The zero-order valence-corrected chi connectivity index (χ0v) is 11.9. The van der Waals surface area contributed by atoms with E-state index in [2.05, 4.69) is 15.2 Å². The summed E-state index contributed by atoms with van der Waals surface area (Å²) in [7, 11) is -1.92. The molecule has 0 aliphatic heterocycles. The highest BCUT2D eigenvalue weighted by Gasteiger charge is 2.07. The second-order valence-electron chi connectivity index (χ2n) is 4.49. The van der Waals surface area contributed by atoms with Crippen LogP contribution in [0.4, 0.5) is 0 Å². The maximum Gasteiger partial charge on any atom is 0.264 e. The maximum atomic E-state index is 10.6. The quantitative estimate of drug-likeness (QED) is 0.580. The van der Waals surface area contributed by atoms with Crippen LogP contribution in [0.1, 0.15) is 18.5 Å². The first kappa shape index (κ1) is 16.0. The molecule has 1 aromatic heterocycles. The lowest BCUT2D eigenvalue weighted by atomic mass is 10.3. The van der Waals surface area contributed by atoms with Crippen molar-refractivity contribution in [3.63, 3.8) is 0 Å². The number of aromatic nitrogens is 3. The Hall–Kier alpha value is -1.03. The fourth-order valence-corrected chi connectivity index (χ4v) is 2.14. The normalized spacial score (nSPS) is 12.2. The molecule has 110 valence electrons. The first-order valence-corrected chi connectivity index (χ1v) is 7.74. The summed E-state index contributed by atoms with van der Waals surface area (Å²) in [4.78, 5) is 2.10. The molecule has 1 heterocycles. The molecule has 8 nitrogen and oxygen atoms in total. The third-order valence-electron chi connectivity index (χ3n) is 2.55. The summed E-state index contributed by atoms with van der Waals surface area (Å²) in [5.41, 5.74) is 6.26. The van der Waals surface area contributed by atoms with Crippen LogP contribution in [0.15, 0.2) is 6.20 Å². The predicted molar refractivity (Wildman–Crippen MR) is 71.1 cm³/mol.